The number of aryl methyl sites for hydroxylation is 1. The van der Waals surface area contributed by atoms with E-state index in [4.69, 9.17) is 4.98 Å². The lowest BCUT2D eigenvalue weighted by molar-refractivity contribution is 0.103. The Kier molecular flexibility index (Phi) is 4.30. The number of hydrogen-bond donors (Lipinski definition) is 2. The van der Waals surface area contributed by atoms with Gasteiger partial charge in [-0.25, -0.2) is 4.98 Å². The van der Waals surface area contributed by atoms with E-state index in [-0.39, 0.29) is 5.78 Å². The van der Waals surface area contributed by atoms with Crippen molar-refractivity contribution in [1.29, 1.82) is 0 Å². The topological polar surface area (TPSA) is 66.5 Å². The number of imidazole rings is 1. The number of aromatic nitrogens is 4. The highest BCUT2D eigenvalue weighted by Crippen LogP contribution is 2.31. The number of nitrogens with zero attached hydrogens (tertiary/aromatic N) is 2. The van der Waals surface area contributed by atoms with E-state index in [0.717, 1.165) is 44.9 Å². The van der Waals surface area contributed by atoms with Crippen LogP contribution < -0.4 is 0 Å². The maximum Gasteiger partial charge on any atom is 0.193 e. The molecule has 0 fully saturated rings. The Bertz CT molecular complexity index is 1650. The third kappa shape index (κ3) is 3.17. The summed E-state index contributed by atoms with van der Waals surface area (Å²) in [5.41, 5.74) is 8.59. The molecule has 0 aliphatic carbocycles. The molecule has 5 heteroatoms. The van der Waals surface area contributed by atoms with Gasteiger partial charge in [0, 0.05) is 51.4 Å². The number of hydrogen-bond acceptors (Lipinski definition) is 2. The molecule has 0 aliphatic heterocycles. The Hall–Kier alpha value is -4.38. The Morgan fingerprint density at radius 3 is 2.58 bits per heavy atom. The highest BCUT2D eigenvalue weighted by atomic mass is 16.1. The zero-order valence-corrected chi connectivity index (χ0v) is 18.4. The first kappa shape index (κ1) is 19.3. The minimum absolute atomic E-state index is 0.00677. The highest BCUT2D eigenvalue weighted by Gasteiger charge is 2.17. The van der Waals surface area contributed by atoms with Crippen LogP contribution >= 0.6 is 0 Å². The molecule has 3 aromatic heterocycles. The lowest BCUT2D eigenvalue weighted by atomic mass is 10.0. The van der Waals surface area contributed by atoms with E-state index < -0.39 is 0 Å². The van der Waals surface area contributed by atoms with E-state index in [2.05, 4.69) is 58.8 Å². The maximum atomic E-state index is 12.9. The van der Waals surface area contributed by atoms with E-state index in [0.29, 0.717) is 11.1 Å². The van der Waals surface area contributed by atoms with Gasteiger partial charge in [0.25, 0.3) is 0 Å². The number of carbonyl (C=O) groups is 1. The molecule has 3 heterocycles. The molecule has 0 saturated heterocycles. The Morgan fingerprint density at radius 1 is 0.879 bits per heavy atom. The molecule has 0 atom stereocenters. The SMILES string of the molecule is Cc1cn(-c2ccc3[nH]ccc3c2)c(C)c1-c1nc2ccc(C(=O)c3ccccc3)cc2[nH]1. The van der Waals surface area contributed by atoms with Crippen molar-refractivity contribution >= 4 is 27.7 Å². The molecule has 0 aliphatic rings. The van der Waals surface area contributed by atoms with Gasteiger partial charge in [-0.15, -0.1) is 0 Å². The van der Waals surface area contributed by atoms with Crippen LogP contribution in [-0.4, -0.2) is 25.3 Å². The zero-order chi connectivity index (χ0) is 22.5. The van der Waals surface area contributed by atoms with Gasteiger partial charge >= 0.3 is 0 Å². The lowest BCUT2D eigenvalue weighted by Gasteiger charge is -2.07. The zero-order valence-electron chi connectivity index (χ0n) is 18.4. The summed E-state index contributed by atoms with van der Waals surface area (Å²) < 4.78 is 2.20. The average Bonchev–Trinajstić information content (AvgIpc) is 3.54. The number of benzene rings is 3. The quantitative estimate of drug-likeness (QED) is 0.320. The summed E-state index contributed by atoms with van der Waals surface area (Å²) in [5, 5.41) is 1.18. The monoisotopic (exact) mass is 430 g/mol. The van der Waals surface area contributed by atoms with E-state index in [9.17, 15) is 4.79 Å². The van der Waals surface area contributed by atoms with Crippen molar-refractivity contribution in [2.45, 2.75) is 13.8 Å². The summed E-state index contributed by atoms with van der Waals surface area (Å²) in [7, 11) is 0. The van der Waals surface area contributed by atoms with Crippen LogP contribution in [0.15, 0.2) is 85.2 Å². The number of H-pyrrole nitrogens is 2. The first-order chi connectivity index (χ1) is 16.1. The van der Waals surface area contributed by atoms with Crippen molar-refractivity contribution < 1.29 is 4.79 Å². The predicted octanol–water partition coefficient (Wildman–Crippen LogP) is 6.35. The second kappa shape index (κ2) is 7.35. The Morgan fingerprint density at radius 2 is 1.73 bits per heavy atom. The maximum absolute atomic E-state index is 12.9. The Labute approximate surface area is 190 Å². The smallest absolute Gasteiger partial charge is 0.193 e. The fraction of sp³-hybridized carbons (Fsp3) is 0.0714. The normalized spacial score (nSPS) is 11.5. The van der Waals surface area contributed by atoms with Gasteiger partial charge in [-0.3, -0.25) is 4.79 Å². The summed E-state index contributed by atoms with van der Waals surface area (Å²) in [6.45, 7) is 4.21. The molecular weight excluding hydrogens is 408 g/mol. The number of nitrogens with one attached hydrogen (secondary N) is 2. The molecule has 0 amide bonds. The molecule has 33 heavy (non-hydrogen) atoms. The van der Waals surface area contributed by atoms with Crippen molar-refractivity contribution in [1.82, 2.24) is 19.5 Å². The van der Waals surface area contributed by atoms with E-state index in [1.54, 1.807) is 0 Å². The Balaban J connectivity index is 1.41. The van der Waals surface area contributed by atoms with Crippen molar-refractivity contribution in [3.8, 4) is 17.1 Å². The molecule has 2 N–H and O–H groups in total. The largest absolute Gasteiger partial charge is 0.361 e. The first-order valence-corrected chi connectivity index (χ1v) is 10.9. The van der Waals surface area contributed by atoms with E-state index in [1.807, 2.05) is 54.7 Å². The average molecular weight is 431 g/mol. The van der Waals surface area contributed by atoms with Gasteiger partial charge in [0.2, 0.25) is 0 Å². The number of aromatic amines is 2. The van der Waals surface area contributed by atoms with Gasteiger partial charge in [-0.05, 0) is 61.9 Å². The number of carbonyl (C=O) groups excluding carboxylic acids is 1. The van der Waals surface area contributed by atoms with E-state index in [1.165, 1.54) is 5.39 Å². The molecule has 3 aromatic carbocycles. The van der Waals surface area contributed by atoms with Gasteiger partial charge in [0.15, 0.2) is 5.78 Å². The van der Waals surface area contributed by atoms with Crippen molar-refractivity contribution in [2.24, 2.45) is 0 Å². The van der Waals surface area contributed by atoms with Crippen molar-refractivity contribution in [2.75, 3.05) is 0 Å². The van der Waals surface area contributed by atoms with Crippen LogP contribution in [0, 0.1) is 13.8 Å². The minimum atomic E-state index is 0.00677. The van der Waals surface area contributed by atoms with Crippen LogP contribution in [0.3, 0.4) is 0 Å². The fourth-order valence-electron chi connectivity index (χ4n) is 4.60. The van der Waals surface area contributed by atoms with Crippen LogP contribution in [-0.2, 0) is 0 Å². The van der Waals surface area contributed by atoms with Crippen molar-refractivity contribution in [3.05, 3.63) is 108 Å². The van der Waals surface area contributed by atoms with Gasteiger partial charge in [-0.2, -0.15) is 0 Å². The summed E-state index contributed by atoms with van der Waals surface area (Å²) in [6.07, 6.45) is 4.11. The van der Waals surface area contributed by atoms with Crippen LogP contribution in [0.25, 0.3) is 39.0 Å². The summed E-state index contributed by atoms with van der Waals surface area (Å²) in [4.78, 5) is 24.4. The molecule has 5 nitrogen and oxygen atoms in total. The van der Waals surface area contributed by atoms with Crippen LogP contribution in [0.1, 0.15) is 27.2 Å². The van der Waals surface area contributed by atoms with Crippen LogP contribution in [0.2, 0.25) is 0 Å². The van der Waals surface area contributed by atoms with Crippen molar-refractivity contribution in [3.63, 3.8) is 0 Å². The lowest BCUT2D eigenvalue weighted by Crippen LogP contribution is -2.00. The standard InChI is InChI=1S/C28H22N4O/c1-17-16-32(22-9-11-23-20(14-22)12-13-29-23)18(2)26(17)28-30-24-10-8-21(15-25(24)31-28)27(33)19-6-4-3-5-7-19/h3-16,29H,1-2H3,(H,30,31). The number of ketones is 1. The van der Waals surface area contributed by atoms with Gasteiger partial charge in [0.05, 0.1) is 11.0 Å². The van der Waals surface area contributed by atoms with Crippen LogP contribution in [0.5, 0.6) is 0 Å². The summed E-state index contributed by atoms with van der Waals surface area (Å²) in [6, 6.07) is 23.5. The molecule has 0 unspecified atom stereocenters. The number of fused-ring (bicyclic) bond motifs is 2. The first-order valence-electron chi connectivity index (χ1n) is 10.9. The molecule has 0 saturated carbocycles. The summed E-state index contributed by atoms with van der Waals surface area (Å²) >= 11 is 0. The third-order valence-corrected chi connectivity index (χ3v) is 6.27. The third-order valence-electron chi connectivity index (χ3n) is 6.27. The molecule has 0 bridgehead atoms. The van der Waals surface area contributed by atoms with Crippen LogP contribution in [0.4, 0.5) is 0 Å². The fourth-order valence-corrected chi connectivity index (χ4v) is 4.60. The molecule has 6 rings (SSSR count). The van der Waals surface area contributed by atoms with Gasteiger partial charge in [0.1, 0.15) is 5.82 Å². The van der Waals surface area contributed by atoms with E-state index >= 15 is 0 Å². The molecule has 160 valence electrons. The second-order valence-corrected chi connectivity index (χ2v) is 8.40. The molecule has 6 aromatic rings. The molecular formula is C28H22N4O. The molecule has 0 radical (unpaired) electrons. The minimum Gasteiger partial charge on any atom is -0.361 e. The number of rotatable bonds is 4. The van der Waals surface area contributed by atoms with Gasteiger partial charge < -0.3 is 14.5 Å². The second-order valence-electron chi connectivity index (χ2n) is 8.40. The molecule has 0 spiro atoms. The highest BCUT2D eigenvalue weighted by molar-refractivity contribution is 6.10. The summed E-state index contributed by atoms with van der Waals surface area (Å²) in [5.74, 6) is 0.818. The van der Waals surface area contributed by atoms with Gasteiger partial charge in [-0.1, -0.05) is 30.3 Å². The predicted molar refractivity (Wildman–Crippen MR) is 132 cm³/mol.